The first-order valence-electron chi connectivity index (χ1n) is 6.89. The van der Waals surface area contributed by atoms with Crippen LogP contribution in [-0.4, -0.2) is 60.1 Å². The fourth-order valence-electron chi connectivity index (χ4n) is 2.93. The van der Waals surface area contributed by atoms with Crippen molar-refractivity contribution in [1.82, 2.24) is 0 Å². The summed E-state index contributed by atoms with van der Waals surface area (Å²) >= 11 is 0. The Kier molecular flexibility index (Phi) is 3.42. The second kappa shape index (κ2) is 4.79. The van der Waals surface area contributed by atoms with Crippen LogP contribution in [0.25, 0.3) is 0 Å². The van der Waals surface area contributed by atoms with Crippen LogP contribution in [0.1, 0.15) is 27.7 Å². The Balaban J connectivity index is 1.77. The highest BCUT2D eigenvalue weighted by Crippen LogP contribution is 2.41. The van der Waals surface area contributed by atoms with Gasteiger partial charge in [-0.25, -0.2) is 4.79 Å². The lowest BCUT2D eigenvalue weighted by Crippen LogP contribution is -2.45. The molecular weight excluding hydrogens is 284 g/mol. The van der Waals surface area contributed by atoms with Crippen LogP contribution in [0, 0.1) is 0 Å². The number of carbonyl (C=O) groups is 1. The second-order valence-electron chi connectivity index (χ2n) is 6.28. The Labute approximate surface area is 122 Å². The molecule has 0 spiro atoms. The monoisotopic (exact) mass is 304 g/mol. The lowest BCUT2D eigenvalue weighted by atomic mass is 10.1. The van der Waals surface area contributed by atoms with E-state index in [0.29, 0.717) is 6.61 Å². The predicted molar refractivity (Wildman–Crippen MR) is 66.5 cm³/mol. The Hall–Kier alpha value is -0.930. The van der Waals surface area contributed by atoms with Crippen LogP contribution in [0.5, 0.6) is 0 Å². The number of hydrogen-bond donors (Lipinski definition) is 1. The van der Waals surface area contributed by atoms with Gasteiger partial charge in [-0.1, -0.05) is 0 Å². The quantitative estimate of drug-likeness (QED) is 0.758. The molecule has 21 heavy (non-hydrogen) atoms. The molecule has 3 rings (SSSR count). The Morgan fingerprint density at radius 2 is 1.81 bits per heavy atom. The number of ether oxygens (including phenoxy) is 6. The van der Waals surface area contributed by atoms with Gasteiger partial charge in [-0.05, 0) is 27.7 Å². The van der Waals surface area contributed by atoms with Crippen LogP contribution < -0.4 is 0 Å². The maximum Gasteiger partial charge on any atom is 0.506 e. The van der Waals surface area contributed by atoms with Crippen molar-refractivity contribution >= 4 is 6.16 Å². The lowest BCUT2D eigenvalue weighted by molar-refractivity contribution is -0.232. The smallest absolute Gasteiger partial charge is 0.450 e. The van der Waals surface area contributed by atoms with Gasteiger partial charge in [0.1, 0.15) is 12.2 Å². The van der Waals surface area contributed by atoms with Crippen LogP contribution in [0.2, 0.25) is 0 Å². The fourth-order valence-corrected chi connectivity index (χ4v) is 2.93. The van der Waals surface area contributed by atoms with Gasteiger partial charge in [0.2, 0.25) is 0 Å². The van der Waals surface area contributed by atoms with Gasteiger partial charge in [-0.3, -0.25) is 0 Å². The van der Waals surface area contributed by atoms with Gasteiger partial charge in [0.05, 0.1) is 6.61 Å². The van der Waals surface area contributed by atoms with E-state index < -0.39 is 48.4 Å². The van der Waals surface area contributed by atoms with Crippen LogP contribution in [0.4, 0.5) is 4.79 Å². The van der Waals surface area contributed by atoms with Crippen molar-refractivity contribution in [2.45, 2.75) is 70.0 Å². The zero-order chi connectivity index (χ0) is 15.4. The first-order chi connectivity index (χ1) is 9.67. The molecule has 0 amide bonds. The molecule has 3 heterocycles. The predicted octanol–water partition coefficient (Wildman–Crippen LogP) is 1.08. The van der Waals surface area contributed by atoms with Gasteiger partial charge in [-0.15, -0.1) is 0 Å². The van der Waals surface area contributed by atoms with Crippen LogP contribution in [0.15, 0.2) is 0 Å². The molecule has 5 atom stereocenters. The van der Waals surface area contributed by atoms with Gasteiger partial charge in [0.15, 0.2) is 30.1 Å². The fraction of sp³-hybridized carbons (Fsp3) is 0.923. The normalized spacial score (nSPS) is 43.7. The van der Waals surface area contributed by atoms with E-state index in [9.17, 15) is 4.79 Å². The van der Waals surface area contributed by atoms with E-state index in [4.69, 9.17) is 33.5 Å². The van der Waals surface area contributed by atoms with Gasteiger partial charge >= 0.3 is 6.16 Å². The Morgan fingerprint density at radius 1 is 1.10 bits per heavy atom. The molecule has 5 unspecified atom stereocenters. The maximum absolute atomic E-state index is 10.9. The van der Waals surface area contributed by atoms with E-state index in [1.54, 1.807) is 27.7 Å². The summed E-state index contributed by atoms with van der Waals surface area (Å²) in [6, 6.07) is 0. The lowest BCUT2D eigenvalue weighted by Gasteiger charge is -2.28. The molecule has 0 aromatic rings. The van der Waals surface area contributed by atoms with Crippen LogP contribution in [-0.2, 0) is 28.4 Å². The van der Waals surface area contributed by atoms with E-state index >= 15 is 0 Å². The first kappa shape index (κ1) is 15.0. The van der Waals surface area contributed by atoms with E-state index in [1.807, 2.05) is 0 Å². The Morgan fingerprint density at radius 3 is 2.38 bits per heavy atom. The van der Waals surface area contributed by atoms with E-state index in [-0.39, 0.29) is 0 Å². The molecular formula is C13H20O8. The molecule has 0 aromatic heterocycles. The van der Waals surface area contributed by atoms with Crippen molar-refractivity contribution in [3.05, 3.63) is 0 Å². The van der Waals surface area contributed by atoms with Crippen molar-refractivity contribution in [2.75, 3.05) is 6.61 Å². The Bertz CT molecular complexity index is 434. The minimum absolute atomic E-state index is 0.292. The molecule has 8 nitrogen and oxygen atoms in total. The van der Waals surface area contributed by atoms with Gasteiger partial charge in [-0.2, -0.15) is 0 Å². The van der Waals surface area contributed by atoms with Crippen molar-refractivity contribution in [3.63, 3.8) is 0 Å². The molecule has 3 saturated heterocycles. The van der Waals surface area contributed by atoms with E-state index in [0.717, 1.165) is 0 Å². The molecule has 3 fully saturated rings. The largest absolute Gasteiger partial charge is 0.506 e. The molecule has 1 N–H and O–H groups in total. The van der Waals surface area contributed by atoms with Gasteiger partial charge in [0.25, 0.3) is 0 Å². The molecule has 0 aromatic carbocycles. The van der Waals surface area contributed by atoms with Crippen molar-refractivity contribution in [2.24, 2.45) is 0 Å². The van der Waals surface area contributed by atoms with Crippen molar-refractivity contribution in [1.29, 1.82) is 0 Å². The number of rotatable bonds is 2. The summed E-state index contributed by atoms with van der Waals surface area (Å²) in [5, 5.41) is 8.94. The standard InChI is InChI=1S/C13H20O8/c1-12(2)16-5-6(19-12)7-8(18-11(14)15)9-10(17-7)21-13(3,4)20-9/h6-10H,5H2,1-4H3,(H,14,15). The summed E-state index contributed by atoms with van der Waals surface area (Å²) < 4.78 is 33.3. The highest BCUT2D eigenvalue weighted by molar-refractivity contribution is 5.57. The average Bonchev–Trinajstić information content (AvgIpc) is 2.90. The maximum atomic E-state index is 10.9. The molecule has 3 aliphatic rings. The number of fused-ring (bicyclic) bond motifs is 1. The summed E-state index contributed by atoms with van der Waals surface area (Å²) in [6.07, 6.45) is -4.58. The zero-order valence-electron chi connectivity index (χ0n) is 12.4. The van der Waals surface area contributed by atoms with Crippen LogP contribution in [0.3, 0.4) is 0 Å². The minimum Gasteiger partial charge on any atom is -0.450 e. The minimum atomic E-state index is -1.39. The molecule has 120 valence electrons. The second-order valence-corrected chi connectivity index (χ2v) is 6.28. The number of carboxylic acid groups (broad SMARTS) is 1. The zero-order valence-corrected chi connectivity index (χ0v) is 12.4. The average molecular weight is 304 g/mol. The summed E-state index contributed by atoms with van der Waals surface area (Å²) in [4.78, 5) is 10.9. The molecule has 0 saturated carbocycles. The van der Waals surface area contributed by atoms with Crippen LogP contribution >= 0.6 is 0 Å². The summed E-state index contributed by atoms with van der Waals surface area (Å²) in [6.45, 7) is 7.33. The third-order valence-corrected chi connectivity index (χ3v) is 3.66. The third kappa shape index (κ3) is 2.86. The number of hydrogen-bond acceptors (Lipinski definition) is 7. The molecule has 0 aliphatic carbocycles. The van der Waals surface area contributed by atoms with E-state index in [2.05, 4.69) is 0 Å². The SMILES string of the molecule is CC1(C)OCC(C2OC3OC(C)(C)OC3C2OC(=O)O)O1. The highest BCUT2D eigenvalue weighted by Gasteiger charge is 2.60. The highest BCUT2D eigenvalue weighted by atomic mass is 16.9. The summed E-state index contributed by atoms with van der Waals surface area (Å²) in [5.74, 6) is -1.58. The summed E-state index contributed by atoms with van der Waals surface area (Å²) in [5.41, 5.74) is 0. The first-order valence-corrected chi connectivity index (χ1v) is 6.89. The van der Waals surface area contributed by atoms with Gasteiger partial charge < -0.3 is 33.5 Å². The molecule has 8 heteroatoms. The van der Waals surface area contributed by atoms with E-state index in [1.165, 1.54) is 0 Å². The molecule has 0 radical (unpaired) electrons. The van der Waals surface area contributed by atoms with Crippen molar-refractivity contribution < 1.29 is 38.3 Å². The topological polar surface area (TPSA) is 92.7 Å². The molecule has 3 aliphatic heterocycles. The van der Waals surface area contributed by atoms with Gasteiger partial charge in [0, 0.05) is 0 Å². The summed E-state index contributed by atoms with van der Waals surface area (Å²) in [7, 11) is 0. The van der Waals surface area contributed by atoms with Crippen molar-refractivity contribution in [3.8, 4) is 0 Å². The third-order valence-electron chi connectivity index (χ3n) is 3.66. The molecule has 0 bridgehead atoms.